The van der Waals surface area contributed by atoms with Crippen molar-refractivity contribution in [2.75, 3.05) is 27.2 Å². The fourth-order valence-corrected chi connectivity index (χ4v) is 3.48. The molecule has 2 aliphatic rings. The Labute approximate surface area is 146 Å². The number of carbonyl (C=O) groups is 1. The Morgan fingerprint density at radius 3 is 2.74 bits per heavy atom. The molecule has 4 heteroatoms. The van der Waals surface area contributed by atoms with Crippen molar-refractivity contribution in [1.82, 2.24) is 4.90 Å². The Hall–Kier alpha value is -1.97. The molecule has 124 valence electrons. The summed E-state index contributed by atoms with van der Waals surface area (Å²) < 4.78 is 54.2. The van der Waals surface area contributed by atoms with Crippen LogP contribution in [0, 0.1) is 11.8 Å². The van der Waals surface area contributed by atoms with Gasteiger partial charge in [0.1, 0.15) is 0 Å². The molecule has 1 atom stereocenters. The molecule has 0 aliphatic carbocycles. The van der Waals surface area contributed by atoms with E-state index in [-0.39, 0.29) is 23.2 Å². The van der Waals surface area contributed by atoms with Gasteiger partial charge >= 0.3 is 0 Å². The highest BCUT2D eigenvalue weighted by atomic mass is 16.5. The zero-order chi connectivity index (χ0) is 21.6. The lowest BCUT2D eigenvalue weighted by Crippen LogP contribution is -2.40. The van der Waals surface area contributed by atoms with Crippen LogP contribution in [0.15, 0.2) is 18.2 Å². The normalized spacial score (nSPS) is 25.0. The number of fused-ring (bicyclic) bond motifs is 3. The third kappa shape index (κ3) is 2.94. The van der Waals surface area contributed by atoms with Gasteiger partial charge in [0.15, 0.2) is 17.3 Å². The van der Waals surface area contributed by atoms with Crippen LogP contribution in [-0.2, 0) is 11.2 Å². The van der Waals surface area contributed by atoms with Gasteiger partial charge in [-0.15, -0.1) is 0 Å². The monoisotopic (exact) mass is 321 g/mol. The summed E-state index contributed by atoms with van der Waals surface area (Å²) in [6, 6.07) is 2.97. The van der Waals surface area contributed by atoms with Gasteiger partial charge in [-0.05, 0) is 36.5 Å². The maximum absolute atomic E-state index is 12.6. The van der Waals surface area contributed by atoms with E-state index in [1.165, 1.54) is 12.1 Å². The van der Waals surface area contributed by atoms with Crippen LogP contribution in [0.5, 0.6) is 11.5 Å². The average molecular weight is 321 g/mol. The molecule has 23 heavy (non-hydrogen) atoms. The molecule has 0 aromatic heterocycles. The van der Waals surface area contributed by atoms with Crippen molar-refractivity contribution < 1.29 is 22.5 Å². The fraction of sp³-hybridized carbons (Fsp3) is 0.526. The lowest BCUT2D eigenvalue weighted by Gasteiger charge is -2.39. The van der Waals surface area contributed by atoms with E-state index in [1.54, 1.807) is 6.08 Å². The van der Waals surface area contributed by atoms with Crippen LogP contribution in [0.1, 0.15) is 39.6 Å². The number of ether oxygens (including phenoxy) is 2. The van der Waals surface area contributed by atoms with Gasteiger partial charge in [-0.2, -0.15) is 0 Å². The second kappa shape index (κ2) is 6.26. The van der Waals surface area contributed by atoms with Gasteiger partial charge in [-0.3, -0.25) is 4.79 Å². The predicted octanol–water partition coefficient (Wildman–Crippen LogP) is 3.15. The summed E-state index contributed by atoms with van der Waals surface area (Å²) in [5.74, 6) is 0.0819. The lowest BCUT2D eigenvalue weighted by molar-refractivity contribution is -0.119. The summed E-state index contributed by atoms with van der Waals surface area (Å²) in [4.78, 5) is 14.8. The van der Waals surface area contributed by atoms with Crippen LogP contribution < -0.4 is 9.47 Å². The minimum absolute atomic E-state index is 0.0545. The number of benzene rings is 1. The lowest BCUT2D eigenvalue weighted by atomic mass is 9.85. The Morgan fingerprint density at radius 1 is 1.30 bits per heavy atom. The molecule has 0 fully saturated rings. The standard InChI is InChI=1S/C19H25NO3/c1-12(2)7-14-11-20-6-5-13-8-18(22-3)19(23-4)9-15(13)16(20)10-17(14)21/h8-10,12,14H,5-7,11H2,1-4H3/i3D3,4D3. The summed E-state index contributed by atoms with van der Waals surface area (Å²) in [5, 5.41) is 0. The van der Waals surface area contributed by atoms with Gasteiger partial charge in [-0.25, -0.2) is 0 Å². The van der Waals surface area contributed by atoms with Crippen molar-refractivity contribution in [3.63, 3.8) is 0 Å². The second-order valence-corrected chi connectivity index (χ2v) is 6.61. The first kappa shape index (κ1) is 10.0. The van der Waals surface area contributed by atoms with Crippen molar-refractivity contribution in [1.29, 1.82) is 0 Å². The van der Waals surface area contributed by atoms with Crippen molar-refractivity contribution in [3.8, 4) is 11.5 Å². The molecular weight excluding hydrogens is 290 g/mol. The Morgan fingerprint density at radius 2 is 2.04 bits per heavy atom. The predicted molar refractivity (Wildman–Crippen MR) is 90.8 cm³/mol. The van der Waals surface area contributed by atoms with E-state index < -0.39 is 14.1 Å². The molecule has 0 bridgehead atoms. The topological polar surface area (TPSA) is 38.8 Å². The van der Waals surface area contributed by atoms with Crippen molar-refractivity contribution >= 4 is 11.5 Å². The van der Waals surface area contributed by atoms with Crippen molar-refractivity contribution in [2.24, 2.45) is 11.8 Å². The van der Waals surface area contributed by atoms with E-state index in [9.17, 15) is 4.79 Å². The number of methoxy groups -OCH3 is 2. The Balaban J connectivity index is 2.02. The van der Waals surface area contributed by atoms with Gasteiger partial charge in [0.05, 0.1) is 22.3 Å². The first-order valence-corrected chi connectivity index (χ1v) is 7.88. The molecule has 0 amide bonds. The molecule has 1 unspecified atom stereocenters. The summed E-state index contributed by atoms with van der Waals surface area (Å²) in [5.41, 5.74) is 2.18. The highest BCUT2D eigenvalue weighted by molar-refractivity contribution is 6.00. The minimum Gasteiger partial charge on any atom is -0.493 e. The molecule has 2 aliphatic heterocycles. The molecule has 0 saturated heterocycles. The molecule has 1 aromatic rings. The molecule has 0 saturated carbocycles. The summed E-state index contributed by atoms with van der Waals surface area (Å²) in [7, 11) is -5.51. The average Bonchev–Trinajstić information content (AvgIpc) is 2.53. The molecule has 1 aromatic carbocycles. The van der Waals surface area contributed by atoms with Crippen LogP contribution in [0.25, 0.3) is 5.70 Å². The Bertz CT molecular complexity index is 828. The molecular formula is C19H25NO3. The highest BCUT2D eigenvalue weighted by Gasteiger charge is 2.32. The molecule has 0 spiro atoms. The minimum atomic E-state index is -2.77. The zero-order valence-corrected chi connectivity index (χ0v) is 13.4. The number of hydrogen-bond donors (Lipinski definition) is 0. The summed E-state index contributed by atoms with van der Waals surface area (Å²) in [6.45, 7) is 5.48. The maximum Gasteiger partial charge on any atom is 0.162 e. The van der Waals surface area contributed by atoms with Crippen molar-refractivity contribution in [2.45, 2.75) is 26.7 Å². The smallest absolute Gasteiger partial charge is 0.162 e. The molecule has 3 rings (SSSR count). The number of nitrogens with zero attached hydrogens (tertiary/aromatic N) is 1. The number of rotatable bonds is 4. The van der Waals surface area contributed by atoms with Crippen LogP contribution in [0.2, 0.25) is 0 Å². The Kier molecular flexibility index (Phi) is 2.73. The van der Waals surface area contributed by atoms with E-state index in [0.29, 0.717) is 36.7 Å². The molecule has 0 N–H and O–H groups in total. The number of hydrogen-bond acceptors (Lipinski definition) is 4. The van der Waals surface area contributed by atoms with Gasteiger partial charge in [0.25, 0.3) is 0 Å². The molecule has 0 radical (unpaired) electrons. The SMILES string of the molecule is [2H]C([2H])([2H])Oc1cc2c(cc1OC([2H])([2H])[2H])C1=CC(=O)C(CC(C)C)CN1CC2. The zero-order valence-electron chi connectivity index (χ0n) is 19.4. The van der Waals surface area contributed by atoms with Crippen LogP contribution >= 0.6 is 0 Å². The van der Waals surface area contributed by atoms with E-state index in [4.69, 9.17) is 17.7 Å². The van der Waals surface area contributed by atoms with Gasteiger partial charge in [-0.1, -0.05) is 13.8 Å². The fourth-order valence-electron chi connectivity index (χ4n) is 3.48. The number of allylic oxidation sites excluding steroid dienone is 1. The quantitative estimate of drug-likeness (QED) is 0.854. The first-order chi connectivity index (χ1) is 13.3. The largest absolute Gasteiger partial charge is 0.493 e. The molecule has 4 nitrogen and oxygen atoms in total. The molecule has 2 heterocycles. The number of carbonyl (C=O) groups excluding carboxylic acids is 1. The van der Waals surface area contributed by atoms with Crippen LogP contribution in [0.3, 0.4) is 0 Å². The van der Waals surface area contributed by atoms with Crippen LogP contribution in [0.4, 0.5) is 0 Å². The second-order valence-electron chi connectivity index (χ2n) is 6.61. The number of ketones is 1. The van der Waals surface area contributed by atoms with E-state index >= 15 is 0 Å². The summed E-state index contributed by atoms with van der Waals surface area (Å²) >= 11 is 0. The van der Waals surface area contributed by atoms with Gasteiger partial charge in [0.2, 0.25) is 0 Å². The van der Waals surface area contributed by atoms with Gasteiger partial charge < -0.3 is 14.4 Å². The first-order valence-electron chi connectivity index (χ1n) is 10.9. The maximum atomic E-state index is 12.6. The van der Waals surface area contributed by atoms with Crippen LogP contribution in [-0.4, -0.2) is 37.8 Å². The third-order valence-corrected chi connectivity index (χ3v) is 4.54. The van der Waals surface area contributed by atoms with Crippen molar-refractivity contribution in [3.05, 3.63) is 29.3 Å². The van der Waals surface area contributed by atoms with E-state index in [2.05, 4.69) is 18.7 Å². The summed E-state index contributed by atoms with van der Waals surface area (Å²) in [6.07, 6.45) is 3.04. The van der Waals surface area contributed by atoms with E-state index in [1.807, 2.05) is 0 Å². The van der Waals surface area contributed by atoms with E-state index in [0.717, 1.165) is 12.0 Å². The third-order valence-electron chi connectivity index (χ3n) is 4.54. The van der Waals surface area contributed by atoms with Gasteiger partial charge in [0, 0.05) is 36.3 Å². The highest BCUT2D eigenvalue weighted by Crippen LogP contribution is 2.39.